The van der Waals surface area contributed by atoms with Crippen molar-refractivity contribution in [3.8, 4) is 0 Å². The summed E-state index contributed by atoms with van der Waals surface area (Å²) in [5, 5.41) is 2.38. The van der Waals surface area contributed by atoms with Crippen LogP contribution in [0.15, 0.2) is 0 Å². The number of halogens is 3. The van der Waals surface area contributed by atoms with Gasteiger partial charge in [0.05, 0.1) is 11.8 Å². The van der Waals surface area contributed by atoms with Gasteiger partial charge in [-0.15, -0.1) is 0 Å². The monoisotopic (exact) mass is 304 g/mol. The van der Waals surface area contributed by atoms with E-state index in [2.05, 4.69) is 5.32 Å². The minimum absolute atomic E-state index is 0.00673. The number of hydrogen-bond donors (Lipinski definition) is 2. The van der Waals surface area contributed by atoms with E-state index in [-0.39, 0.29) is 31.6 Å². The molecule has 19 heavy (non-hydrogen) atoms. The summed E-state index contributed by atoms with van der Waals surface area (Å²) in [7, 11) is -3.18. The topological polar surface area (TPSA) is 89.3 Å². The standard InChI is InChI=1S/C10H19F3N2O3S/c1-19(17,18)7-4-8(14)9(16)15-6-3-2-5-10(11,12)13/h8H,2-7,14H2,1H3,(H,15,16). The molecule has 0 heterocycles. The molecule has 3 N–H and O–H groups in total. The molecule has 0 fully saturated rings. The number of carbonyl (C=O) groups excluding carboxylic acids is 1. The quantitative estimate of drug-likeness (QED) is 0.643. The molecule has 0 aromatic carbocycles. The fourth-order valence-corrected chi connectivity index (χ4v) is 1.95. The molecule has 114 valence electrons. The maximum absolute atomic E-state index is 11.8. The van der Waals surface area contributed by atoms with E-state index in [1.165, 1.54) is 0 Å². The zero-order valence-electron chi connectivity index (χ0n) is 10.7. The van der Waals surface area contributed by atoms with Crippen molar-refractivity contribution in [1.29, 1.82) is 0 Å². The average molecular weight is 304 g/mol. The summed E-state index contributed by atoms with van der Waals surface area (Å²) in [6.45, 7) is 0.0987. The minimum atomic E-state index is -4.18. The van der Waals surface area contributed by atoms with Crippen molar-refractivity contribution in [2.75, 3.05) is 18.6 Å². The smallest absolute Gasteiger partial charge is 0.355 e. The Morgan fingerprint density at radius 3 is 2.37 bits per heavy atom. The van der Waals surface area contributed by atoms with Gasteiger partial charge in [0.25, 0.3) is 0 Å². The van der Waals surface area contributed by atoms with Crippen molar-refractivity contribution in [3.05, 3.63) is 0 Å². The first-order valence-electron chi connectivity index (χ1n) is 5.79. The number of amides is 1. The number of rotatable bonds is 8. The highest BCUT2D eigenvalue weighted by molar-refractivity contribution is 7.90. The molecule has 1 atom stereocenters. The summed E-state index contributed by atoms with van der Waals surface area (Å²) < 4.78 is 57.2. The van der Waals surface area contributed by atoms with Gasteiger partial charge in [-0.3, -0.25) is 4.79 Å². The van der Waals surface area contributed by atoms with Crippen LogP contribution in [0.1, 0.15) is 25.7 Å². The number of hydrogen-bond acceptors (Lipinski definition) is 4. The molecule has 0 rings (SSSR count). The molecule has 1 amide bonds. The summed E-state index contributed by atoms with van der Waals surface area (Å²) in [5.74, 6) is -0.744. The molecule has 0 bridgehead atoms. The summed E-state index contributed by atoms with van der Waals surface area (Å²) in [5.41, 5.74) is 5.45. The van der Waals surface area contributed by atoms with Crippen LogP contribution in [0.4, 0.5) is 13.2 Å². The highest BCUT2D eigenvalue weighted by atomic mass is 32.2. The largest absolute Gasteiger partial charge is 0.389 e. The molecule has 0 aromatic rings. The molecule has 5 nitrogen and oxygen atoms in total. The van der Waals surface area contributed by atoms with Crippen molar-refractivity contribution in [2.24, 2.45) is 5.73 Å². The molecule has 0 aliphatic heterocycles. The summed E-state index contributed by atoms with van der Waals surface area (Å²) in [6.07, 6.45) is -3.91. The van der Waals surface area contributed by atoms with E-state index in [0.29, 0.717) is 0 Å². The van der Waals surface area contributed by atoms with Crippen molar-refractivity contribution >= 4 is 15.7 Å². The van der Waals surface area contributed by atoms with Gasteiger partial charge in [0.2, 0.25) is 5.91 Å². The van der Waals surface area contributed by atoms with E-state index in [1.54, 1.807) is 0 Å². The molecular weight excluding hydrogens is 285 g/mol. The predicted molar refractivity (Wildman–Crippen MR) is 65.2 cm³/mol. The van der Waals surface area contributed by atoms with E-state index in [9.17, 15) is 26.4 Å². The van der Waals surface area contributed by atoms with Crippen LogP contribution in [-0.2, 0) is 14.6 Å². The second-order valence-corrected chi connectivity index (χ2v) is 6.65. The molecule has 0 spiro atoms. The highest BCUT2D eigenvalue weighted by Gasteiger charge is 2.25. The lowest BCUT2D eigenvalue weighted by Crippen LogP contribution is -2.41. The van der Waals surface area contributed by atoms with Gasteiger partial charge in [0.15, 0.2) is 0 Å². The van der Waals surface area contributed by atoms with Crippen LogP contribution in [0.2, 0.25) is 0 Å². The Balaban J connectivity index is 3.74. The van der Waals surface area contributed by atoms with Crippen molar-refractivity contribution < 1.29 is 26.4 Å². The molecule has 0 aliphatic carbocycles. The van der Waals surface area contributed by atoms with Gasteiger partial charge in [-0.05, 0) is 19.3 Å². The zero-order valence-corrected chi connectivity index (χ0v) is 11.5. The molecule has 0 aromatic heterocycles. The number of nitrogens with two attached hydrogens (primary N) is 1. The molecular formula is C10H19F3N2O3S. The molecule has 0 radical (unpaired) electrons. The van der Waals surface area contributed by atoms with E-state index >= 15 is 0 Å². The third kappa shape index (κ3) is 12.0. The second-order valence-electron chi connectivity index (χ2n) is 4.39. The predicted octanol–water partition coefficient (Wildman–Crippen LogP) is 0.597. The fraction of sp³-hybridized carbons (Fsp3) is 0.900. The Morgan fingerprint density at radius 1 is 1.32 bits per heavy atom. The van der Waals surface area contributed by atoms with Gasteiger partial charge in [-0.1, -0.05) is 0 Å². The van der Waals surface area contributed by atoms with E-state index in [4.69, 9.17) is 5.73 Å². The molecule has 9 heteroatoms. The first-order chi connectivity index (χ1) is 8.51. The van der Waals surface area contributed by atoms with E-state index in [0.717, 1.165) is 6.26 Å². The van der Waals surface area contributed by atoms with Gasteiger partial charge >= 0.3 is 6.18 Å². The SMILES string of the molecule is CS(=O)(=O)CCC(N)C(=O)NCCCCC(F)(F)F. The Kier molecular flexibility index (Phi) is 7.35. The van der Waals surface area contributed by atoms with E-state index in [1.807, 2.05) is 0 Å². The maximum atomic E-state index is 11.8. The van der Waals surface area contributed by atoms with Crippen LogP contribution in [0.25, 0.3) is 0 Å². The first kappa shape index (κ1) is 18.2. The summed E-state index contributed by atoms with van der Waals surface area (Å²) >= 11 is 0. The van der Waals surface area contributed by atoms with Crippen LogP contribution >= 0.6 is 0 Å². The lowest BCUT2D eigenvalue weighted by atomic mass is 10.2. The summed E-state index contributed by atoms with van der Waals surface area (Å²) in [4.78, 5) is 11.4. The Morgan fingerprint density at radius 2 is 1.89 bits per heavy atom. The van der Waals surface area contributed by atoms with Gasteiger partial charge < -0.3 is 11.1 Å². The van der Waals surface area contributed by atoms with Crippen LogP contribution in [0.3, 0.4) is 0 Å². The van der Waals surface area contributed by atoms with Crippen molar-refractivity contribution in [2.45, 2.75) is 37.9 Å². The van der Waals surface area contributed by atoms with Gasteiger partial charge in [-0.25, -0.2) is 8.42 Å². The number of carbonyl (C=O) groups is 1. The average Bonchev–Trinajstić information content (AvgIpc) is 2.22. The molecule has 1 unspecified atom stereocenters. The molecule has 0 saturated carbocycles. The van der Waals surface area contributed by atoms with Crippen LogP contribution < -0.4 is 11.1 Å². The van der Waals surface area contributed by atoms with Crippen molar-refractivity contribution in [1.82, 2.24) is 5.32 Å². The van der Waals surface area contributed by atoms with Crippen LogP contribution in [-0.4, -0.2) is 45.1 Å². The fourth-order valence-electron chi connectivity index (χ4n) is 1.27. The summed E-state index contributed by atoms with van der Waals surface area (Å²) in [6, 6.07) is -0.961. The lowest BCUT2D eigenvalue weighted by molar-refractivity contribution is -0.135. The number of alkyl halides is 3. The third-order valence-electron chi connectivity index (χ3n) is 2.32. The van der Waals surface area contributed by atoms with E-state index < -0.39 is 34.4 Å². The maximum Gasteiger partial charge on any atom is 0.389 e. The Labute approximate surface area is 110 Å². The first-order valence-corrected chi connectivity index (χ1v) is 7.85. The second kappa shape index (κ2) is 7.68. The normalized spacial score (nSPS) is 14.2. The molecule has 0 saturated heterocycles. The van der Waals surface area contributed by atoms with Crippen molar-refractivity contribution in [3.63, 3.8) is 0 Å². The highest BCUT2D eigenvalue weighted by Crippen LogP contribution is 2.21. The van der Waals surface area contributed by atoms with Gasteiger partial charge in [-0.2, -0.15) is 13.2 Å². The van der Waals surface area contributed by atoms with Crippen LogP contribution in [0, 0.1) is 0 Å². The number of unbranched alkanes of at least 4 members (excludes halogenated alkanes) is 1. The third-order valence-corrected chi connectivity index (χ3v) is 3.30. The lowest BCUT2D eigenvalue weighted by Gasteiger charge is -2.12. The number of sulfone groups is 1. The zero-order chi connectivity index (χ0) is 15.1. The van der Waals surface area contributed by atoms with Gasteiger partial charge in [0.1, 0.15) is 9.84 Å². The minimum Gasteiger partial charge on any atom is -0.355 e. The number of nitrogens with one attached hydrogen (secondary N) is 1. The van der Waals surface area contributed by atoms with Crippen LogP contribution in [0.5, 0.6) is 0 Å². The Bertz CT molecular complexity index is 382. The molecule has 0 aliphatic rings. The Hall–Kier alpha value is -0.830. The van der Waals surface area contributed by atoms with Gasteiger partial charge in [0, 0.05) is 19.2 Å².